The van der Waals surface area contributed by atoms with Crippen LogP contribution in [-0.2, 0) is 11.4 Å². The minimum Gasteiger partial charge on any atom is -0.497 e. The lowest BCUT2D eigenvalue weighted by atomic mass is 10.1. The molecule has 0 heterocycles. The summed E-state index contributed by atoms with van der Waals surface area (Å²) < 4.78 is 16.7. The molecule has 0 aliphatic carbocycles. The second-order valence-electron chi connectivity index (χ2n) is 6.90. The molecule has 1 amide bonds. The van der Waals surface area contributed by atoms with Crippen LogP contribution >= 0.6 is 11.6 Å². The van der Waals surface area contributed by atoms with Gasteiger partial charge in [0, 0.05) is 22.3 Å². The van der Waals surface area contributed by atoms with Crippen molar-refractivity contribution in [2.45, 2.75) is 13.5 Å². The molecule has 1 N–H and O–H groups in total. The van der Waals surface area contributed by atoms with Gasteiger partial charge in [0.05, 0.1) is 13.7 Å². The van der Waals surface area contributed by atoms with Crippen LogP contribution in [0, 0.1) is 11.3 Å². The second-order valence-corrected chi connectivity index (χ2v) is 7.34. The summed E-state index contributed by atoms with van der Waals surface area (Å²) in [5.41, 5.74) is 1.93. The molecule has 0 unspecified atom stereocenters. The lowest BCUT2D eigenvalue weighted by molar-refractivity contribution is -0.112. The molecule has 0 aromatic heterocycles. The van der Waals surface area contributed by atoms with Gasteiger partial charge in [0.25, 0.3) is 5.91 Å². The summed E-state index contributed by atoms with van der Waals surface area (Å²) in [7, 11) is 1.55. The monoisotopic (exact) mass is 462 g/mol. The number of methoxy groups -OCH3 is 1. The number of halogens is 1. The largest absolute Gasteiger partial charge is 0.497 e. The summed E-state index contributed by atoms with van der Waals surface area (Å²) in [5.74, 6) is 1.23. The number of amides is 1. The van der Waals surface area contributed by atoms with Crippen molar-refractivity contribution in [2.24, 2.45) is 0 Å². The summed E-state index contributed by atoms with van der Waals surface area (Å²) in [6, 6.07) is 21.4. The molecule has 0 aliphatic heterocycles. The Labute approximate surface area is 198 Å². The molecule has 0 fully saturated rings. The highest BCUT2D eigenvalue weighted by Crippen LogP contribution is 2.28. The normalized spacial score (nSPS) is 10.8. The fourth-order valence-corrected chi connectivity index (χ4v) is 3.19. The number of rotatable bonds is 9. The molecule has 0 radical (unpaired) electrons. The van der Waals surface area contributed by atoms with Crippen LogP contribution in [0.2, 0.25) is 5.02 Å². The van der Waals surface area contributed by atoms with Gasteiger partial charge in [-0.3, -0.25) is 4.79 Å². The van der Waals surface area contributed by atoms with E-state index in [9.17, 15) is 10.1 Å². The Morgan fingerprint density at radius 2 is 1.82 bits per heavy atom. The number of nitrogens with zero attached hydrogens (tertiary/aromatic N) is 1. The minimum atomic E-state index is -0.529. The number of hydrogen-bond acceptors (Lipinski definition) is 5. The lowest BCUT2D eigenvalue weighted by Crippen LogP contribution is -2.13. The van der Waals surface area contributed by atoms with Gasteiger partial charge in [-0.2, -0.15) is 5.26 Å². The molecule has 3 aromatic carbocycles. The third kappa shape index (κ3) is 6.76. The first-order valence-electron chi connectivity index (χ1n) is 10.2. The number of anilines is 1. The predicted octanol–water partition coefficient (Wildman–Crippen LogP) is 5.87. The highest BCUT2D eigenvalue weighted by Gasteiger charge is 2.13. The number of benzene rings is 3. The summed E-state index contributed by atoms with van der Waals surface area (Å²) in [6.07, 6.45) is 1.48. The van der Waals surface area contributed by atoms with Crippen LogP contribution in [-0.4, -0.2) is 19.6 Å². The maximum atomic E-state index is 12.7. The molecule has 7 heteroatoms. The minimum absolute atomic E-state index is 0.0679. The molecule has 0 atom stereocenters. The van der Waals surface area contributed by atoms with Gasteiger partial charge in [-0.25, -0.2) is 0 Å². The predicted molar refractivity (Wildman–Crippen MR) is 129 cm³/mol. The molecular weight excluding hydrogens is 440 g/mol. The molecule has 0 saturated heterocycles. The van der Waals surface area contributed by atoms with E-state index in [1.807, 2.05) is 31.2 Å². The van der Waals surface area contributed by atoms with Gasteiger partial charge in [0.15, 0.2) is 0 Å². The van der Waals surface area contributed by atoms with E-state index < -0.39 is 5.91 Å². The molecule has 6 nitrogen and oxygen atoms in total. The highest BCUT2D eigenvalue weighted by atomic mass is 35.5. The quantitative estimate of drug-likeness (QED) is 0.317. The van der Waals surface area contributed by atoms with E-state index >= 15 is 0 Å². The zero-order chi connectivity index (χ0) is 23.6. The molecule has 0 spiro atoms. The molecule has 3 rings (SSSR count). The third-order valence-corrected chi connectivity index (χ3v) is 4.83. The Balaban J connectivity index is 1.81. The van der Waals surface area contributed by atoms with Gasteiger partial charge >= 0.3 is 0 Å². The Morgan fingerprint density at radius 3 is 2.48 bits per heavy atom. The van der Waals surface area contributed by atoms with Crippen LogP contribution in [0.4, 0.5) is 5.69 Å². The zero-order valence-electron chi connectivity index (χ0n) is 18.3. The van der Waals surface area contributed by atoms with Crippen molar-refractivity contribution >= 4 is 29.3 Å². The number of carbonyl (C=O) groups excluding carboxylic acids is 1. The van der Waals surface area contributed by atoms with Gasteiger partial charge in [-0.15, -0.1) is 0 Å². The topological polar surface area (TPSA) is 80.6 Å². The van der Waals surface area contributed by atoms with E-state index in [0.29, 0.717) is 40.1 Å². The van der Waals surface area contributed by atoms with Crippen LogP contribution in [0.3, 0.4) is 0 Å². The van der Waals surface area contributed by atoms with E-state index in [0.717, 1.165) is 5.56 Å². The number of nitrogens with one attached hydrogen (secondary N) is 1. The first-order chi connectivity index (χ1) is 16.0. The first kappa shape index (κ1) is 23.7. The van der Waals surface area contributed by atoms with E-state index in [1.165, 1.54) is 6.08 Å². The van der Waals surface area contributed by atoms with Crippen molar-refractivity contribution in [1.82, 2.24) is 0 Å². The maximum absolute atomic E-state index is 12.7. The molecule has 33 heavy (non-hydrogen) atoms. The van der Waals surface area contributed by atoms with Crippen molar-refractivity contribution in [3.8, 4) is 23.3 Å². The molecule has 168 valence electrons. The van der Waals surface area contributed by atoms with E-state index in [4.69, 9.17) is 25.8 Å². The fraction of sp³-hybridized carbons (Fsp3) is 0.154. The second kappa shape index (κ2) is 11.6. The average molecular weight is 463 g/mol. The van der Waals surface area contributed by atoms with Crippen molar-refractivity contribution in [3.05, 3.63) is 88.5 Å². The summed E-state index contributed by atoms with van der Waals surface area (Å²) in [6.45, 7) is 2.71. The zero-order valence-corrected chi connectivity index (χ0v) is 19.1. The average Bonchev–Trinajstić information content (AvgIpc) is 2.83. The van der Waals surface area contributed by atoms with Gasteiger partial charge in [0.2, 0.25) is 0 Å². The Bertz CT molecular complexity index is 1180. The van der Waals surface area contributed by atoms with E-state index in [1.54, 1.807) is 55.6 Å². The summed E-state index contributed by atoms with van der Waals surface area (Å²) in [5, 5.41) is 12.9. The number of nitriles is 1. The standard InChI is InChI=1S/C26H23ClN2O4/c1-3-32-23-11-8-22(9-12-23)29-26(30)20(16-28)14-19-7-10-24(31-2)15-25(19)33-17-18-5-4-6-21(27)13-18/h4-15H,3,17H2,1-2H3,(H,29,30)/b20-14+. The lowest BCUT2D eigenvalue weighted by Gasteiger charge is -2.12. The highest BCUT2D eigenvalue weighted by molar-refractivity contribution is 6.30. The molecule has 3 aromatic rings. The van der Waals surface area contributed by atoms with Crippen LogP contribution in [0.25, 0.3) is 6.08 Å². The van der Waals surface area contributed by atoms with Gasteiger partial charge in [-0.05, 0) is 67.1 Å². The van der Waals surface area contributed by atoms with Gasteiger partial charge in [0.1, 0.15) is 35.5 Å². The molecule has 0 bridgehead atoms. The van der Waals surface area contributed by atoms with Crippen molar-refractivity contribution < 1.29 is 19.0 Å². The summed E-state index contributed by atoms with van der Waals surface area (Å²) >= 11 is 6.05. The molecular formula is C26H23ClN2O4. The fourth-order valence-electron chi connectivity index (χ4n) is 2.98. The van der Waals surface area contributed by atoms with Crippen LogP contribution in [0.5, 0.6) is 17.2 Å². The SMILES string of the molecule is CCOc1ccc(NC(=O)/C(C#N)=C/c2ccc(OC)cc2OCc2cccc(Cl)c2)cc1. The Hall–Kier alpha value is -3.95. The third-order valence-electron chi connectivity index (χ3n) is 4.59. The van der Waals surface area contributed by atoms with Crippen LogP contribution < -0.4 is 19.5 Å². The van der Waals surface area contributed by atoms with Crippen LogP contribution in [0.15, 0.2) is 72.3 Å². The Kier molecular flexibility index (Phi) is 8.34. The Morgan fingerprint density at radius 1 is 1.06 bits per heavy atom. The smallest absolute Gasteiger partial charge is 0.266 e. The van der Waals surface area contributed by atoms with E-state index in [2.05, 4.69) is 5.32 Å². The number of carbonyl (C=O) groups is 1. The summed E-state index contributed by atoms with van der Waals surface area (Å²) in [4.78, 5) is 12.7. The van der Waals surface area contributed by atoms with Gasteiger partial charge < -0.3 is 19.5 Å². The number of hydrogen-bond donors (Lipinski definition) is 1. The van der Waals surface area contributed by atoms with Crippen molar-refractivity contribution in [3.63, 3.8) is 0 Å². The van der Waals surface area contributed by atoms with Crippen molar-refractivity contribution in [1.29, 1.82) is 5.26 Å². The molecule has 0 aliphatic rings. The van der Waals surface area contributed by atoms with Gasteiger partial charge in [-0.1, -0.05) is 23.7 Å². The van der Waals surface area contributed by atoms with E-state index in [-0.39, 0.29) is 12.2 Å². The maximum Gasteiger partial charge on any atom is 0.266 e. The first-order valence-corrected chi connectivity index (χ1v) is 10.6. The van der Waals surface area contributed by atoms with Crippen molar-refractivity contribution in [2.75, 3.05) is 19.0 Å². The van der Waals surface area contributed by atoms with Crippen LogP contribution in [0.1, 0.15) is 18.1 Å². The molecule has 0 saturated carbocycles. The number of ether oxygens (including phenoxy) is 3.